The van der Waals surface area contributed by atoms with Gasteiger partial charge in [0.15, 0.2) is 0 Å². The Labute approximate surface area is 283 Å². The molecule has 0 unspecified atom stereocenters. The molecule has 0 N–H and O–H groups in total. The topological polar surface area (TPSA) is 0 Å². The van der Waals surface area contributed by atoms with Crippen LogP contribution in [-0.2, 0) is 5.41 Å². The Balaban J connectivity index is 1.23. The summed E-state index contributed by atoms with van der Waals surface area (Å²) >= 11 is 1.88. The highest BCUT2D eigenvalue weighted by Gasteiger charge is 2.52. The van der Waals surface area contributed by atoms with Crippen LogP contribution in [0.3, 0.4) is 0 Å². The van der Waals surface area contributed by atoms with Crippen LogP contribution in [0.15, 0.2) is 170 Å². The summed E-state index contributed by atoms with van der Waals surface area (Å²) in [5.74, 6) is 0. The molecule has 9 aromatic rings. The first-order valence-electron chi connectivity index (χ1n) is 16.7. The molecule has 8 aromatic carbocycles. The van der Waals surface area contributed by atoms with Gasteiger partial charge in [0.2, 0.25) is 0 Å². The third kappa shape index (κ3) is 3.39. The first kappa shape index (κ1) is 26.3. The van der Waals surface area contributed by atoms with E-state index in [2.05, 4.69) is 170 Å². The predicted molar refractivity (Wildman–Crippen MR) is 204 cm³/mol. The highest BCUT2D eigenvalue weighted by atomic mass is 32.1. The fourth-order valence-corrected chi connectivity index (χ4v) is 9.95. The molecule has 2 aliphatic rings. The SMILES string of the molecule is c1ccc(-c2ccc3c(c2)C2(c4ccccc4-c4ccccc42)c2c-3ccc3ccc(-c4ccc5sc6ccccc6c5c4)cc23)cc1. The van der Waals surface area contributed by atoms with Gasteiger partial charge in [-0.15, -0.1) is 11.3 Å². The zero-order valence-electron chi connectivity index (χ0n) is 26.1. The summed E-state index contributed by atoms with van der Waals surface area (Å²) in [4.78, 5) is 0. The molecule has 1 spiro atoms. The Bertz CT molecular complexity index is 2740. The van der Waals surface area contributed by atoms with E-state index in [0.29, 0.717) is 0 Å². The fourth-order valence-electron chi connectivity index (χ4n) is 8.86. The van der Waals surface area contributed by atoms with Crippen molar-refractivity contribution in [2.45, 2.75) is 5.41 Å². The van der Waals surface area contributed by atoms with Crippen LogP contribution >= 0.6 is 11.3 Å². The van der Waals surface area contributed by atoms with Crippen molar-refractivity contribution < 1.29 is 0 Å². The monoisotopic (exact) mass is 624 g/mol. The summed E-state index contributed by atoms with van der Waals surface area (Å²) in [6.07, 6.45) is 0. The van der Waals surface area contributed by atoms with Crippen LogP contribution in [0.1, 0.15) is 22.3 Å². The Morgan fingerprint density at radius 1 is 0.333 bits per heavy atom. The molecule has 0 atom stereocenters. The summed E-state index contributed by atoms with van der Waals surface area (Å²) in [6, 6.07) is 63.8. The van der Waals surface area contributed by atoms with Gasteiger partial charge in [-0.25, -0.2) is 0 Å². The summed E-state index contributed by atoms with van der Waals surface area (Å²) in [7, 11) is 0. The summed E-state index contributed by atoms with van der Waals surface area (Å²) in [5.41, 5.74) is 15.4. The number of hydrogen-bond donors (Lipinski definition) is 0. The minimum absolute atomic E-state index is 0.422. The lowest BCUT2D eigenvalue weighted by atomic mass is 9.69. The van der Waals surface area contributed by atoms with Gasteiger partial charge in [-0.05, 0) is 108 Å². The van der Waals surface area contributed by atoms with Gasteiger partial charge in [0.25, 0.3) is 0 Å². The zero-order chi connectivity index (χ0) is 31.4. The highest BCUT2D eigenvalue weighted by molar-refractivity contribution is 7.25. The molecule has 0 radical (unpaired) electrons. The molecule has 0 nitrogen and oxygen atoms in total. The predicted octanol–water partition coefficient (Wildman–Crippen LogP) is 12.9. The van der Waals surface area contributed by atoms with E-state index < -0.39 is 5.41 Å². The maximum atomic E-state index is 2.48. The van der Waals surface area contributed by atoms with Crippen molar-refractivity contribution in [3.63, 3.8) is 0 Å². The van der Waals surface area contributed by atoms with E-state index in [-0.39, 0.29) is 0 Å². The van der Waals surface area contributed by atoms with Gasteiger partial charge in [-0.3, -0.25) is 0 Å². The Hall–Kier alpha value is -5.76. The average molecular weight is 625 g/mol. The van der Waals surface area contributed by atoms with Crippen LogP contribution in [0.5, 0.6) is 0 Å². The lowest BCUT2D eigenvalue weighted by Crippen LogP contribution is -2.26. The largest absolute Gasteiger partial charge is 0.135 e. The molecule has 1 heterocycles. The van der Waals surface area contributed by atoms with Gasteiger partial charge in [0.05, 0.1) is 5.41 Å². The van der Waals surface area contributed by atoms with Crippen molar-refractivity contribution >= 4 is 42.3 Å². The lowest BCUT2D eigenvalue weighted by molar-refractivity contribution is 0.801. The second-order valence-electron chi connectivity index (χ2n) is 13.2. The van der Waals surface area contributed by atoms with Gasteiger partial charge in [-0.1, -0.05) is 140 Å². The molecule has 0 saturated heterocycles. The van der Waals surface area contributed by atoms with Crippen LogP contribution in [-0.4, -0.2) is 0 Å². The van der Waals surface area contributed by atoms with Crippen LogP contribution in [0.4, 0.5) is 0 Å². The molecular weight excluding hydrogens is 597 g/mol. The molecule has 0 bridgehead atoms. The number of hydrogen-bond acceptors (Lipinski definition) is 1. The molecule has 0 saturated carbocycles. The maximum absolute atomic E-state index is 2.48. The van der Waals surface area contributed by atoms with E-state index in [1.54, 1.807) is 0 Å². The zero-order valence-corrected chi connectivity index (χ0v) is 26.9. The van der Waals surface area contributed by atoms with Gasteiger partial charge in [-0.2, -0.15) is 0 Å². The molecule has 11 rings (SSSR count). The summed E-state index contributed by atoms with van der Waals surface area (Å²) in [6.45, 7) is 0. The van der Waals surface area contributed by atoms with Gasteiger partial charge in [0, 0.05) is 20.2 Å². The van der Waals surface area contributed by atoms with Crippen molar-refractivity contribution in [1.29, 1.82) is 0 Å². The van der Waals surface area contributed by atoms with Crippen molar-refractivity contribution in [1.82, 2.24) is 0 Å². The average Bonchev–Trinajstić information content (AvgIpc) is 3.78. The number of fused-ring (bicyclic) bond motifs is 15. The lowest BCUT2D eigenvalue weighted by Gasteiger charge is -2.32. The van der Waals surface area contributed by atoms with E-state index in [4.69, 9.17) is 0 Å². The van der Waals surface area contributed by atoms with Gasteiger partial charge in [0.1, 0.15) is 0 Å². The van der Waals surface area contributed by atoms with E-state index in [1.165, 1.54) is 97.7 Å². The summed E-state index contributed by atoms with van der Waals surface area (Å²) < 4.78 is 2.68. The Morgan fingerprint density at radius 3 is 1.71 bits per heavy atom. The van der Waals surface area contributed by atoms with Crippen molar-refractivity contribution in [3.8, 4) is 44.5 Å². The smallest absolute Gasteiger partial charge is 0.0731 e. The van der Waals surface area contributed by atoms with E-state index in [1.807, 2.05) is 11.3 Å². The van der Waals surface area contributed by atoms with Crippen LogP contribution < -0.4 is 0 Å². The minimum atomic E-state index is -0.422. The van der Waals surface area contributed by atoms with E-state index in [0.717, 1.165) is 0 Å². The standard InChI is InChI=1S/C47H28S/c1-2-10-29(11-3-1)33-21-23-36-38-24-20-30-18-19-31(32-22-25-45-40(27-32)37-14-6-9-17-44(37)48-45)26-39(30)46(38)47(43(36)28-33)41-15-7-4-12-34(41)35-13-5-8-16-42(35)47/h1-28H. The molecule has 0 aliphatic heterocycles. The number of thiophene rings is 1. The molecule has 0 fully saturated rings. The Kier molecular flexibility index (Phi) is 5.29. The van der Waals surface area contributed by atoms with Crippen molar-refractivity contribution in [2.75, 3.05) is 0 Å². The van der Waals surface area contributed by atoms with Gasteiger partial charge >= 0.3 is 0 Å². The molecule has 48 heavy (non-hydrogen) atoms. The Morgan fingerprint density at radius 2 is 0.896 bits per heavy atom. The van der Waals surface area contributed by atoms with Crippen LogP contribution in [0, 0.1) is 0 Å². The van der Waals surface area contributed by atoms with E-state index >= 15 is 0 Å². The van der Waals surface area contributed by atoms with Gasteiger partial charge < -0.3 is 0 Å². The normalized spacial score (nSPS) is 13.6. The van der Waals surface area contributed by atoms with Crippen LogP contribution in [0.25, 0.3) is 75.5 Å². The fraction of sp³-hybridized carbons (Fsp3) is 0.0213. The molecule has 1 aromatic heterocycles. The van der Waals surface area contributed by atoms with Crippen molar-refractivity contribution in [2.24, 2.45) is 0 Å². The molecule has 0 amide bonds. The number of rotatable bonds is 2. The molecular formula is C47H28S. The minimum Gasteiger partial charge on any atom is -0.135 e. The molecule has 222 valence electrons. The third-order valence-electron chi connectivity index (χ3n) is 10.9. The maximum Gasteiger partial charge on any atom is 0.0731 e. The quantitative estimate of drug-likeness (QED) is 0.179. The second-order valence-corrected chi connectivity index (χ2v) is 14.3. The molecule has 1 heteroatoms. The van der Waals surface area contributed by atoms with Crippen LogP contribution in [0.2, 0.25) is 0 Å². The van der Waals surface area contributed by atoms with Crippen molar-refractivity contribution in [3.05, 3.63) is 192 Å². The first-order chi connectivity index (χ1) is 23.8. The summed E-state index contributed by atoms with van der Waals surface area (Å²) in [5, 5.41) is 5.27. The number of benzene rings is 8. The third-order valence-corrected chi connectivity index (χ3v) is 12.0. The highest BCUT2D eigenvalue weighted by Crippen LogP contribution is 2.64. The van der Waals surface area contributed by atoms with E-state index in [9.17, 15) is 0 Å². The second kappa shape index (κ2) is 9.64. The first-order valence-corrected chi connectivity index (χ1v) is 17.5. The molecule has 2 aliphatic carbocycles.